The van der Waals surface area contributed by atoms with Crippen molar-refractivity contribution in [2.24, 2.45) is 5.73 Å². The molecule has 0 spiro atoms. The molecule has 0 radical (unpaired) electrons. The van der Waals surface area contributed by atoms with Crippen LogP contribution in [0.5, 0.6) is 5.75 Å². The molecule has 1 aromatic carbocycles. The van der Waals surface area contributed by atoms with Gasteiger partial charge in [-0.25, -0.2) is 8.78 Å². The van der Waals surface area contributed by atoms with Gasteiger partial charge in [0.15, 0.2) is 0 Å². The van der Waals surface area contributed by atoms with Crippen molar-refractivity contribution in [2.75, 3.05) is 12.4 Å². The van der Waals surface area contributed by atoms with E-state index in [0.29, 0.717) is 23.7 Å². The lowest BCUT2D eigenvalue weighted by Crippen LogP contribution is -2.21. The molecular weight excluding hydrogens is 306 g/mol. The molecule has 2 aromatic rings. The molecule has 0 saturated heterocycles. The van der Waals surface area contributed by atoms with Crippen molar-refractivity contribution in [3.63, 3.8) is 0 Å². The lowest BCUT2D eigenvalue weighted by Gasteiger charge is -2.12. The molecule has 1 aromatic heterocycles. The summed E-state index contributed by atoms with van der Waals surface area (Å²) in [5, 5.41) is 6.54. The van der Waals surface area contributed by atoms with Crippen LogP contribution in [-0.2, 0) is 17.9 Å². The first kappa shape index (κ1) is 16.9. The maximum Gasteiger partial charge on any atom is 0.280 e. The second-order valence-electron chi connectivity index (χ2n) is 4.96. The fraction of sp³-hybridized carbons (Fsp3) is 0.333. The smallest absolute Gasteiger partial charge is 0.280 e. The number of nitrogens with zero attached hydrogens (tertiary/aromatic N) is 2. The molecule has 6 nitrogen and oxygen atoms in total. The van der Waals surface area contributed by atoms with Crippen LogP contribution in [0.1, 0.15) is 23.4 Å². The van der Waals surface area contributed by atoms with E-state index in [4.69, 9.17) is 10.5 Å². The zero-order chi connectivity index (χ0) is 17.0. The topological polar surface area (TPSA) is 82.2 Å². The van der Waals surface area contributed by atoms with Gasteiger partial charge in [-0.05, 0) is 30.7 Å². The van der Waals surface area contributed by atoms with E-state index in [1.807, 2.05) is 0 Å². The molecule has 0 atom stereocenters. The molecule has 3 N–H and O–H groups in total. The van der Waals surface area contributed by atoms with Crippen molar-refractivity contribution in [2.45, 2.75) is 26.4 Å². The average Bonchev–Trinajstić information content (AvgIpc) is 2.88. The zero-order valence-electron chi connectivity index (χ0n) is 12.8. The van der Waals surface area contributed by atoms with Crippen LogP contribution in [0.15, 0.2) is 24.3 Å². The summed E-state index contributed by atoms with van der Waals surface area (Å²) in [6, 6.07) is 6.37. The number of aromatic nitrogens is 2. The summed E-state index contributed by atoms with van der Waals surface area (Å²) in [6.45, 7) is 1.62. The Morgan fingerprint density at radius 1 is 1.43 bits per heavy atom. The zero-order valence-corrected chi connectivity index (χ0v) is 12.8. The van der Waals surface area contributed by atoms with Crippen molar-refractivity contribution >= 4 is 11.6 Å². The van der Waals surface area contributed by atoms with E-state index in [-0.39, 0.29) is 12.2 Å². The number of hydrogen-bond donors (Lipinski definition) is 2. The van der Waals surface area contributed by atoms with Crippen LogP contribution >= 0.6 is 0 Å². The third kappa shape index (κ3) is 4.04. The lowest BCUT2D eigenvalue weighted by molar-refractivity contribution is -0.117. The highest BCUT2D eigenvalue weighted by Crippen LogP contribution is 2.26. The number of aryl methyl sites for hydroxylation is 1. The third-order valence-electron chi connectivity index (χ3n) is 3.23. The fourth-order valence-electron chi connectivity index (χ4n) is 2.16. The van der Waals surface area contributed by atoms with Gasteiger partial charge in [0.1, 0.15) is 18.0 Å². The van der Waals surface area contributed by atoms with Crippen molar-refractivity contribution in [1.29, 1.82) is 0 Å². The molecule has 1 amide bonds. The Balaban J connectivity index is 2.14. The number of halogens is 2. The maximum absolute atomic E-state index is 12.9. The monoisotopic (exact) mass is 324 g/mol. The number of hydrogen-bond acceptors (Lipinski definition) is 4. The molecule has 0 aliphatic carbocycles. The normalized spacial score (nSPS) is 10.9. The van der Waals surface area contributed by atoms with Gasteiger partial charge in [0, 0.05) is 6.54 Å². The van der Waals surface area contributed by atoms with Crippen LogP contribution in [0.25, 0.3) is 0 Å². The summed E-state index contributed by atoms with van der Waals surface area (Å²) >= 11 is 0. The highest BCUT2D eigenvalue weighted by atomic mass is 19.3. The minimum absolute atomic E-state index is 0.289. The average molecular weight is 324 g/mol. The highest BCUT2D eigenvalue weighted by Gasteiger charge is 2.18. The van der Waals surface area contributed by atoms with Crippen molar-refractivity contribution in [3.05, 3.63) is 41.2 Å². The molecule has 0 aliphatic heterocycles. The summed E-state index contributed by atoms with van der Waals surface area (Å²) in [5.74, 6) is -0.0270. The number of carbonyl (C=O) groups excluding carboxylic acids is 1. The Kier molecular flexibility index (Phi) is 5.28. The molecule has 0 unspecified atom stereocenters. The fourth-order valence-corrected chi connectivity index (χ4v) is 2.16. The number of ether oxygens (including phenoxy) is 1. The number of amides is 1. The lowest BCUT2D eigenvalue weighted by atomic mass is 10.2. The van der Waals surface area contributed by atoms with Gasteiger partial charge in [-0.3, -0.25) is 9.48 Å². The van der Waals surface area contributed by atoms with E-state index in [1.165, 1.54) is 13.2 Å². The van der Waals surface area contributed by atoms with Gasteiger partial charge in [-0.1, -0.05) is 6.07 Å². The summed E-state index contributed by atoms with van der Waals surface area (Å²) in [5.41, 5.74) is 6.98. The molecule has 0 aliphatic rings. The largest absolute Gasteiger partial charge is 0.495 e. The van der Waals surface area contributed by atoms with E-state index in [1.54, 1.807) is 25.1 Å². The Bertz CT molecular complexity index is 701. The quantitative estimate of drug-likeness (QED) is 0.854. The van der Waals surface area contributed by atoms with Gasteiger partial charge in [-0.2, -0.15) is 5.10 Å². The van der Waals surface area contributed by atoms with E-state index in [9.17, 15) is 13.6 Å². The summed E-state index contributed by atoms with van der Waals surface area (Å²) in [4.78, 5) is 12.1. The summed E-state index contributed by atoms with van der Waals surface area (Å²) in [7, 11) is 1.47. The van der Waals surface area contributed by atoms with Gasteiger partial charge in [0.05, 0.1) is 18.5 Å². The van der Waals surface area contributed by atoms with Crippen molar-refractivity contribution < 1.29 is 18.3 Å². The number of rotatable bonds is 6. The molecule has 124 valence electrons. The predicted octanol–water partition coefficient (Wildman–Crippen LogP) is 2.24. The van der Waals surface area contributed by atoms with Gasteiger partial charge in [-0.15, -0.1) is 0 Å². The molecule has 8 heteroatoms. The van der Waals surface area contributed by atoms with Gasteiger partial charge >= 0.3 is 0 Å². The van der Waals surface area contributed by atoms with Gasteiger partial charge in [0.2, 0.25) is 5.91 Å². The second kappa shape index (κ2) is 7.19. The molecule has 0 saturated carbocycles. The predicted molar refractivity (Wildman–Crippen MR) is 81.4 cm³/mol. The maximum atomic E-state index is 12.9. The molecule has 2 rings (SSSR count). The molecule has 1 heterocycles. The first-order valence-corrected chi connectivity index (χ1v) is 6.94. The van der Waals surface area contributed by atoms with Crippen LogP contribution in [0.3, 0.4) is 0 Å². The Hall–Kier alpha value is -2.48. The Morgan fingerprint density at radius 2 is 2.17 bits per heavy atom. The first-order valence-electron chi connectivity index (χ1n) is 6.94. The Morgan fingerprint density at radius 3 is 2.78 bits per heavy atom. The Labute approximate surface area is 132 Å². The molecular formula is C15H18F2N4O2. The number of nitrogens with two attached hydrogens (primary N) is 1. The number of nitrogens with one attached hydrogen (secondary N) is 1. The third-order valence-corrected chi connectivity index (χ3v) is 3.23. The van der Waals surface area contributed by atoms with E-state index >= 15 is 0 Å². The number of benzene rings is 1. The number of alkyl halides is 2. The summed E-state index contributed by atoms with van der Waals surface area (Å²) in [6.07, 6.45) is -2.69. The van der Waals surface area contributed by atoms with E-state index < -0.39 is 12.3 Å². The standard InChI is InChI=1S/C15H18F2N4O2/c1-9-5-12(15(16)17)21(20-9)8-14(22)19-11-4-3-10(7-18)6-13(11)23-2/h3-6,15H,7-8,18H2,1-2H3,(H,19,22). The summed E-state index contributed by atoms with van der Waals surface area (Å²) < 4.78 is 32.0. The van der Waals surface area contributed by atoms with Crippen LogP contribution in [0.4, 0.5) is 14.5 Å². The number of methoxy groups -OCH3 is 1. The van der Waals surface area contributed by atoms with Crippen LogP contribution in [0.2, 0.25) is 0 Å². The number of carbonyl (C=O) groups is 1. The minimum Gasteiger partial charge on any atom is -0.495 e. The van der Waals surface area contributed by atoms with Crippen LogP contribution in [-0.4, -0.2) is 22.8 Å². The van der Waals surface area contributed by atoms with Crippen LogP contribution < -0.4 is 15.8 Å². The minimum atomic E-state index is -2.69. The van der Waals surface area contributed by atoms with E-state index in [2.05, 4.69) is 10.4 Å². The molecule has 0 bridgehead atoms. The highest BCUT2D eigenvalue weighted by molar-refractivity contribution is 5.92. The molecule has 0 fully saturated rings. The van der Waals surface area contributed by atoms with Gasteiger partial charge < -0.3 is 15.8 Å². The van der Waals surface area contributed by atoms with Crippen molar-refractivity contribution in [3.8, 4) is 5.75 Å². The SMILES string of the molecule is COc1cc(CN)ccc1NC(=O)Cn1nc(C)cc1C(F)F. The van der Waals surface area contributed by atoms with E-state index in [0.717, 1.165) is 10.2 Å². The first-order chi connectivity index (χ1) is 10.9. The number of anilines is 1. The second-order valence-corrected chi connectivity index (χ2v) is 4.96. The van der Waals surface area contributed by atoms with Gasteiger partial charge in [0.25, 0.3) is 6.43 Å². The van der Waals surface area contributed by atoms with Crippen LogP contribution in [0, 0.1) is 6.92 Å². The molecule has 23 heavy (non-hydrogen) atoms. The van der Waals surface area contributed by atoms with Crippen molar-refractivity contribution in [1.82, 2.24) is 9.78 Å².